The van der Waals surface area contributed by atoms with Crippen molar-refractivity contribution in [2.24, 2.45) is 5.92 Å². The van der Waals surface area contributed by atoms with Crippen LogP contribution >= 0.6 is 0 Å². The molecule has 1 aliphatic rings. The van der Waals surface area contributed by atoms with Gasteiger partial charge in [0.05, 0.1) is 5.69 Å². The number of aromatic nitrogens is 4. The Bertz CT molecular complexity index is 976. The number of carbonyl (C=O) groups is 1. The molecule has 1 aromatic heterocycles. The van der Waals surface area contributed by atoms with E-state index in [1.165, 1.54) is 0 Å². The first-order valence-electron chi connectivity index (χ1n) is 10.1. The Morgan fingerprint density at radius 3 is 2.48 bits per heavy atom. The van der Waals surface area contributed by atoms with Crippen LogP contribution in [0.3, 0.4) is 0 Å². The molecule has 2 aromatic carbocycles. The average molecular weight is 390 g/mol. The van der Waals surface area contributed by atoms with E-state index in [-0.39, 0.29) is 6.03 Å². The number of nitrogens with zero attached hydrogens (tertiary/aromatic N) is 4. The second kappa shape index (κ2) is 8.03. The predicted molar refractivity (Wildman–Crippen MR) is 112 cm³/mol. The van der Waals surface area contributed by atoms with Crippen molar-refractivity contribution in [1.82, 2.24) is 25.5 Å². The maximum absolute atomic E-state index is 12.9. The van der Waals surface area contributed by atoms with Crippen molar-refractivity contribution in [3.63, 3.8) is 0 Å². The summed E-state index contributed by atoms with van der Waals surface area (Å²) in [5.41, 5.74) is 2.14. The van der Waals surface area contributed by atoms with Crippen LogP contribution in [0, 0.1) is 12.8 Å². The molecule has 7 heteroatoms. The molecule has 4 rings (SSSR count). The van der Waals surface area contributed by atoms with Gasteiger partial charge < -0.3 is 10.6 Å². The van der Waals surface area contributed by atoms with Crippen LogP contribution in [0.2, 0.25) is 0 Å². The molecule has 0 spiro atoms. The molecule has 0 atom stereocenters. The zero-order valence-electron chi connectivity index (χ0n) is 16.8. The van der Waals surface area contributed by atoms with Crippen LogP contribution in [0.5, 0.6) is 0 Å². The topological polar surface area (TPSA) is 84.7 Å². The second-order valence-electron chi connectivity index (χ2n) is 7.91. The van der Waals surface area contributed by atoms with E-state index in [1.807, 2.05) is 61.5 Å². The highest BCUT2D eigenvalue weighted by Gasteiger charge is 2.42. The van der Waals surface area contributed by atoms with E-state index >= 15 is 0 Å². The molecular weight excluding hydrogens is 364 g/mol. The van der Waals surface area contributed by atoms with Crippen molar-refractivity contribution in [2.45, 2.75) is 45.1 Å². The van der Waals surface area contributed by atoms with E-state index in [2.05, 4.69) is 33.1 Å². The summed E-state index contributed by atoms with van der Waals surface area (Å²) in [4.78, 5) is 12.9. The lowest BCUT2D eigenvalue weighted by Crippen LogP contribution is -2.51. The first-order chi connectivity index (χ1) is 14.1. The summed E-state index contributed by atoms with van der Waals surface area (Å²) >= 11 is 0. The van der Waals surface area contributed by atoms with E-state index in [0.29, 0.717) is 11.7 Å². The number of benzene rings is 2. The van der Waals surface area contributed by atoms with Crippen molar-refractivity contribution in [1.29, 1.82) is 0 Å². The van der Waals surface area contributed by atoms with Gasteiger partial charge in [0.15, 0.2) is 5.82 Å². The number of rotatable bonds is 4. The molecular formula is C22H26N6O. The third kappa shape index (κ3) is 3.99. The Morgan fingerprint density at radius 1 is 1.07 bits per heavy atom. The Labute approximate surface area is 170 Å². The molecule has 3 aromatic rings. The van der Waals surface area contributed by atoms with Gasteiger partial charge in [-0.1, -0.05) is 43.3 Å². The first-order valence-corrected chi connectivity index (χ1v) is 10.1. The molecule has 150 valence electrons. The van der Waals surface area contributed by atoms with Crippen LogP contribution in [0.15, 0.2) is 54.6 Å². The molecule has 0 aliphatic heterocycles. The molecule has 1 heterocycles. The Kier molecular flexibility index (Phi) is 5.29. The number of tetrazole rings is 1. The molecule has 1 fully saturated rings. The number of anilines is 1. The summed E-state index contributed by atoms with van der Waals surface area (Å²) in [7, 11) is 0. The highest BCUT2D eigenvalue weighted by Crippen LogP contribution is 2.39. The molecule has 7 nitrogen and oxygen atoms in total. The van der Waals surface area contributed by atoms with Gasteiger partial charge in [-0.2, -0.15) is 4.68 Å². The monoisotopic (exact) mass is 390 g/mol. The molecule has 1 aliphatic carbocycles. The summed E-state index contributed by atoms with van der Waals surface area (Å²) in [5, 5.41) is 18.7. The fraction of sp³-hybridized carbons (Fsp3) is 0.364. The predicted octanol–water partition coefficient (Wildman–Crippen LogP) is 4.20. The SMILES string of the molecule is Cc1ccccc1-n1nnnc1C1(NC(=O)Nc2ccccc2)CCC(C)CC1. The minimum absolute atomic E-state index is 0.245. The van der Waals surface area contributed by atoms with Gasteiger partial charge in [-0.15, -0.1) is 5.10 Å². The van der Waals surface area contributed by atoms with Gasteiger partial charge in [0.1, 0.15) is 5.54 Å². The van der Waals surface area contributed by atoms with Gasteiger partial charge in [0.25, 0.3) is 0 Å². The summed E-state index contributed by atoms with van der Waals surface area (Å²) in [5.74, 6) is 1.30. The second-order valence-corrected chi connectivity index (χ2v) is 7.91. The van der Waals surface area contributed by atoms with Crippen LogP contribution in [-0.2, 0) is 5.54 Å². The Balaban J connectivity index is 1.67. The van der Waals surface area contributed by atoms with Gasteiger partial charge in [-0.25, -0.2) is 4.79 Å². The number of amides is 2. The lowest BCUT2D eigenvalue weighted by atomic mass is 9.76. The fourth-order valence-electron chi connectivity index (χ4n) is 4.01. The quantitative estimate of drug-likeness (QED) is 0.699. The molecule has 0 saturated heterocycles. The lowest BCUT2D eigenvalue weighted by Gasteiger charge is -2.38. The molecule has 1 saturated carbocycles. The Hall–Kier alpha value is -3.22. The van der Waals surface area contributed by atoms with Crippen molar-refractivity contribution >= 4 is 11.7 Å². The number of urea groups is 1. The average Bonchev–Trinajstić information content (AvgIpc) is 3.21. The van der Waals surface area contributed by atoms with E-state index in [4.69, 9.17) is 0 Å². The largest absolute Gasteiger partial charge is 0.325 e. The van der Waals surface area contributed by atoms with Gasteiger partial charge in [-0.05, 0) is 72.7 Å². The fourth-order valence-corrected chi connectivity index (χ4v) is 4.01. The van der Waals surface area contributed by atoms with Gasteiger partial charge in [0, 0.05) is 5.69 Å². The van der Waals surface area contributed by atoms with Gasteiger partial charge >= 0.3 is 6.03 Å². The van der Waals surface area contributed by atoms with Crippen LogP contribution in [-0.4, -0.2) is 26.2 Å². The van der Waals surface area contributed by atoms with E-state index in [0.717, 1.165) is 42.6 Å². The lowest BCUT2D eigenvalue weighted by molar-refractivity contribution is 0.182. The van der Waals surface area contributed by atoms with Crippen LogP contribution in [0.1, 0.15) is 44.0 Å². The standard InChI is InChI=1S/C22H26N6O/c1-16-12-14-22(15-13-16,24-21(29)23-18-9-4-3-5-10-18)20-25-26-27-28(20)19-11-7-6-8-17(19)2/h3-11,16H,12-15H2,1-2H3,(H2,23,24,29). The van der Waals surface area contributed by atoms with Crippen LogP contribution in [0.4, 0.5) is 10.5 Å². The van der Waals surface area contributed by atoms with Crippen LogP contribution < -0.4 is 10.6 Å². The molecule has 2 amide bonds. The molecule has 0 radical (unpaired) electrons. The van der Waals surface area contributed by atoms with Crippen LogP contribution in [0.25, 0.3) is 5.69 Å². The Morgan fingerprint density at radius 2 is 1.76 bits per heavy atom. The summed E-state index contributed by atoms with van der Waals surface area (Å²) in [6, 6.07) is 17.2. The summed E-state index contributed by atoms with van der Waals surface area (Å²) in [6.45, 7) is 4.28. The third-order valence-corrected chi connectivity index (χ3v) is 5.75. The summed E-state index contributed by atoms with van der Waals surface area (Å²) < 4.78 is 1.77. The van der Waals surface area contributed by atoms with Crippen molar-refractivity contribution in [3.05, 3.63) is 66.0 Å². The van der Waals surface area contributed by atoms with E-state index < -0.39 is 5.54 Å². The van der Waals surface area contributed by atoms with E-state index in [1.54, 1.807) is 4.68 Å². The number of carbonyl (C=O) groups excluding carboxylic acids is 1. The van der Waals surface area contributed by atoms with E-state index in [9.17, 15) is 4.79 Å². The van der Waals surface area contributed by atoms with Gasteiger partial charge in [0.2, 0.25) is 0 Å². The van der Waals surface area contributed by atoms with Crippen molar-refractivity contribution in [3.8, 4) is 5.69 Å². The van der Waals surface area contributed by atoms with Gasteiger partial charge in [-0.3, -0.25) is 0 Å². The minimum Gasteiger partial charge on any atom is -0.325 e. The highest BCUT2D eigenvalue weighted by atomic mass is 16.2. The number of hydrogen-bond acceptors (Lipinski definition) is 4. The zero-order valence-corrected chi connectivity index (χ0v) is 16.8. The molecule has 29 heavy (non-hydrogen) atoms. The first kappa shape index (κ1) is 19.1. The van der Waals surface area contributed by atoms with Crippen molar-refractivity contribution < 1.29 is 4.79 Å². The smallest absolute Gasteiger partial charge is 0.320 e. The summed E-state index contributed by atoms with van der Waals surface area (Å²) in [6.07, 6.45) is 3.60. The number of para-hydroxylation sites is 2. The number of aryl methyl sites for hydroxylation is 1. The normalized spacial score (nSPS) is 21.5. The highest BCUT2D eigenvalue weighted by molar-refractivity contribution is 5.89. The third-order valence-electron chi connectivity index (χ3n) is 5.75. The molecule has 2 N–H and O–H groups in total. The zero-order chi connectivity index (χ0) is 20.3. The number of hydrogen-bond donors (Lipinski definition) is 2. The molecule has 0 bridgehead atoms. The maximum Gasteiger partial charge on any atom is 0.320 e. The number of nitrogens with one attached hydrogen (secondary N) is 2. The maximum atomic E-state index is 12.9. The minimum atomic E-state index is -0.614. The molecule has 0 unspecified atom stereocenters. The van der Waals surface area contributed by atoms with Crippen molar-refractivity contribution in [2.75, 3.05) is 5.32 Å².